The summed E-state index contributed by atoms with van der Waals surface area (Å²) in [7, 11) is 4.40. The maximum Gasteiger partial charge on any atom is 0.214 e. The molecule has 1 aliphatic carbocycles. The number of hydrogen-bond acceptors (Lipinski definition) is 1. The van der Waals surface area contributed by atoms with Gasteiger partial charge in [-0.05, 0) is 31.0 Å². The SMILES string of the molecule is CN(c1ccccc1)c1c2c([n+](C)c3ccccc13)CCC2. The number of benzene rings is 2. The van der Waals surface area contributed by atoms with Crippen LogP contribution in [0.5, 0.6) is 0 Å². The van der Waals surface area contributed by atoms with Gasteiger partial charge in [-0.3, -0.25) is 0 Å². The minimum absolute atomic E-state index is 1.18. The van der Waals surface area contributed by atoms with Crippen molar-refractivity contribution in [2.75, 3.05) is 11.9 Å². The van der Waals surface area contributed by atoms with Crippen LogP contribution in [0.2, 0.25) is 0 Å². The molecular weight excluding hydrogens is 268 g/mol. The van der Waals surface area contributed by atoms with E-state index in [-0.39, 0.29) is 0 Å². The summed E-state index contributed by atoms with van der Waals surface area (Å²) in [5, 5.41) is 1.34. The number of para-hydroxylation sites is 2. The smallest absolute Gasteiger partial charge is 0.214 e. The Labute approximate surface area is 131 Å². The summed E-state index contributed by atoms with van der Waals surface area (Å²) >= 11 is 0. The largest absolute Gasteiger partial charge is 0.344 e. The van der Waals surface area contributed by atoms with Gasteiger partial charge in [0.2, 0.25) is 5.52 Å². The Morgan fingerprint density at radius 3 is 2.45 bits per heavy atom. The van der Waals surface area contributed by atoms with E-state index < -0.39 is 0 Å². The zero-order valence-corrected chi connectivity index (χ0v) is 13.2. The lowest BCUT2D eigenvalue weighted by Crippen LogP contribution is -2.35. The first kappa shape index (κ1) is 13.3. The number of anilines is 2. The van der Waals surface area contributed by atoms with E-state index in [9.17, 15) is 0 Å². The molecule has 0 atom stereocenters. The molecule has 0 aliphatic heterocycles. The molecule has 0 radical (unpaired) electrons. The molecule has 22 heavy (non-hydrogen) atoms. The third kappa shape index (κ3) is 1.91. The van der Waals surface area contributed by atoms with Crippen LogP contribution >= 0.6 is 0 Å². The van der Waals surface area contributed by atoms with E-state index >= 15 is 0 Å². The Balaban J connectivity index is 2.03. The molecule has 1 aliphatic rings. The Morgan fingerprint density at radius 1 is 0.909 bits per heavy atom. The lowest BCUT2D eigenvalue weighted by molar-refractivity contribution is -0.652. The predicted molar refractivity (Wildman–Crippen MR) is 91.7 cm³/mol. The molecule has 2 nitrogen and oxygen atoms in total. The van der Waals surface area contributed by atoms with Crippen LogP contribution in [-0.4, -0.2) is 7.05 Å². The maximum atomic E-state index is 2.39. The lowest BCUT2D eigenvalue weighted by Gasteiger charge is -2.23. The first-order valence-electron chi connectivity index (χ1n) is 7.98. The van der Waals surface area contributed by atoms with E-state index in [1.807, 2.05) is 0 Å². The van der Waals surface area contributed by atoms with Gasteiger partial charge in [0, 0.05) is 30.8 Å². The fourth-order valence-corrected chi connectivity index (χ4v) is 3.79. The van der Waals surface area contributed by atoms with E-state index in [4.69, 9.17) is 0 Å². The normalized spacial score (nSPS) is 13.4. The molecule has 0 N–H and O–H groups in total. The van der Waals surface area contributed by atoms with Crippen LogP contribution in [0.3, 0.4) is 0 Å². The molecule has 0 saturated carbocycles. The van der Waals surface area contributed by atoms with Crippen LogP contribution < -0.4 is 9.47 Å². The summed E-state index contributed by atoms with van der Waals surface area (Å²) in [4.78, 5) is 2.35. The second kappa shape index (κ2) is 5.13. The zero-order valence-electron chi connectivity index (χ0n) is 13.2. The highest BCUT2D eigenvalue weighted by molar-refractivity contribution is 5.94. The molecule has 0 amide bonds. The second-order valence-electron chi connectivity index (χ2n) is 6.10. The number of nitrogens with zero attached hydrogens (tertiary/aromatic N) is 2. The summed E-state index contributed by atoms with van der Waals surface area (Å²) in [6, 6.07) is 19.4. The Kier molecular flexibility index (Phi) is 3.11. The fraction of sp³-hybridized carbons (Fsp3) is 0.250. The molecule has 0 unspecified atom stereocenters. The maximum absolute atomic E-state index is 2.39. The first-order chi connectivity index (χ1) is 10.8. The van der Waals surface area contributed by atoms with Crippen LogP contribution in [0.15, 0.2) is 54.6 Å². The van der Waals surface area contributed by atoms with Crippen molar-refractivity contribution in [1.82, 2.24) is 0 Å². The van der Waals surface area contributed by atoms with Crippen molar-refractivity contribution < 1.29 is 4.57 Å². The molecule has 110 valence electrons. The molecule has 0 bridgehead atoms. The molecule has 1 heterocycles. The third-order valence-electron chi connectivity index (χ3n) is 4.88. The zero-order chi connectivity index (χ0) is 15.1. The van der Waals surface area contributed by atoms with Gasteiger partial charge >= 0.3 is 0 Å². The number of pyridine rings is 1. The number of hydrogen-bond donors (Lipinski definition) is 0. The fourth-order valence-electron chi connectivity index (χ4n) is 3.79. The predicted octanol–water partition coefficient (Wildman–Crippen LogP) is 3.92. The highest BCUT2D eigenvalue weighted by Gasteiger charge is 2.29. The lowest BCUT2D eigenvalue weighted by atomic mass is 10.0. The third-order valence-corrected chi connectivity index (χ3v) is 4.88. The standard InChI is InChI=1S/C20H21N2/c1-21(15-9-4-3-5-10-15)20-16-11-6-7-13-18(16)22(2)19-14-8-12-17(19)20/h3-7,9-11,13H,8,12,14H2,1-2H3/q+1. The van der Waals surface area contributed by atoms with Crippen molar-refractivity contribution in [2.45, 2.75) is 19.3 Å². The van der Waals surface area contributed by atoms with Crippen LogP contribution in [-0.2, 0) is 19.9 Å². The summed E-state index contributed by atoms with van der Waals surface area (Å²) < 4.78 is 2.39. The highest BCUT2D eigenvalue weighted by Crippen LogP contribution is 2.37. The van der Waals surface area contributed by atoms with Gasteiger partial charge in [0.05, 0.1) is 11.1 Å². The summed E-state index contributed by atoms with van der Waals surface area (Å²) in [6.45, 7) is 0. The quantitative estimate of drug-likeness (QED) is 0.649. The van der Waals surface area contributed by atoms with Gasteiger partial charge in [-0.1, -0.05) is 30.3 Å². The van der Waals surface area contributed by atoms with Crippen LogP contribution in [0.1, 0.15) is 17.7 Å². The summed E-state index contributed by atoms with van der Waals surface area (Å²) in [6.07, 6.45) is 3.63. The first-order valence-corrected chi connectivity index (χ1v) is 7.98. The molecule has 0 saturated heterocycles. The molecule has 3 aromatic rings. The Bertz CT molecular complexity index is 837. The van der Waals surface area contributed by atoms with Crippen molar-refractivity contribution in [3.05, 3.63) is 65.9 Å². The molecule has 4 rings (SSSR count). The average molecular weight is 289 g/mol. The van der Waals surface area contributed by atoms with Crippen molar-refractivity contribution >= 4 is 22.3 Å². The van der Waals surface area contributed by atoms with Gasteiger partial charge in [-0.2, -0.15) is 4.57 Å². The molecule has 0 spiro atoms. The van der Waals surface area contributed by atoms with Gasteiger partial charge < -0.3 is 4.90 Å². The van der Waals surface area contributed by atoms with Crippen LogP contribution in [0.4, 0.5) is 11.4 Å². The Hall–Kier alpha value is -2.35. The van der Waals surface area contributed by atoms with Gasteiger partial charge in [-0.25, -0.2) is 0 Å². The average Bonchev–Trinajstić information content (AvgIpc) is 3.05. The van der Waals surface area contributed by atoms with Gasteiger partial charge in [-0.15, -0.1) is 0 Å². The van der Waals surface area contributed by atoms with Crippen molar-refractivity contribution in [2.24, 2.45) is 7.05 Å². The van der Waals surface area contributed by atoms with E-state index in [1.165, 1.54) is 52.8 Å². The molecule has 1 aromatic heterocycles. The molecule has 0 fully saturated rings. The number of aromatic nitrogens is 1. The highest BCUT2D eigenvalue weighted by atomic mass is 15.1. The molecule has 2 aromatic carbocycles. The van der Waals surface area contributed by atoms with E-state index in [0.29, 0.717) is 0 Å². The number of aryl methyl sites for hydroxylation is 1. The van der Waals surface area contributed by atoms with E-state index in [2.05, 4.69) is 78.2 Å². The van der Waals surface area contributed by atoms with Crippen molar-refractivity contribution in [1.29, 1.82) is 0 Å². The second-order valence-corrected chi connectivity index (χ2v) is 6.10. The van der Waals surface area contributed by atoms with Crippen LogP contribution in [0, 0.1) is 0 Å². The minimum atomic E-state index is 1.18. The molecular formula is C20H21N2+. The summed E-state index contributed by atoms with van der Waals surface area (Å²) in [5.41, 5.74) is 6.97. The number of fused-ring (bicyclic) bond motifs is 2. The van der Waals surface area contributed by atoms with Crippen LogP contribution in [0.25, 0.3) is 10.9 Å². The van der Waals surface area contributed by atoms with E-state index in [1.54, 1.807) is 0 Å². The topological polar surface area (TPSA) is 7.12 Å². The minimum Gasteiger partial charge on any atom is -0.344 e. The Morgan fingerprint density at radius 2 is 1.64 bits per heavy atom. The monoisotopic (exact) mass is 289 g/mol. The van der Waals surface area contributed by atoms with Crippen molar-refractivity contribution in [3.8, 4) is 0 Å². The van der Waals surface area contributed by atoms with E-state index in [0.717, 1.165) is 0 Å². The summed E-state index contributed by atoms with van der Waals surface area (Å²) in [5.74, 6) is 0. The van der Waals surface area contributed by atoms with Crippen molar-refractivity contribution in [3.63, 3.8) is 0 Å². The van der Waals surface area contributed by atoms with Gasteiger partial charge in [0.15, 0.2) is 5.69 Å². The van der Waals surface area contributed by atoms with Gasteiger partial charge in [0.25, 0.3) is 0 Å². The molecule has 2 heteroatoms. The number of rotatable bonds is 2. The van der Waals surface area contributed by atoms with Gasteiger partial charge in [0.1, 0.15) is 7.05 Å².